The van der Waals surface area contributed by atoms with Gasteiger partial charge in [-0.2, -0.15) is 10.2 Å². The minimum atomic E-state index is -0.374. The van der Waals surface area contributed by atoms with Gasteiger partial charge < -0.3 is 10.2 Å². The smallest absolute Gasteiger partial charge is 0.285 e. The molecule has 1 aliphatic rings. The largest absolute Gasteiger partial charge is 0.378 e. The molecule has 1 atom stereocenters. The van der Waals surface area contributed by atoms with E-state index in [-0.39, 0.29) is 16.6 Å². The maximum Gasteiger partial charge on any atom is 0.285 e. The van der Waals surface area contributed by atoms with E-state index in [1.165, 1.54) is 0 Å². The number of rotatable bonds is 3. The number of H-pyrrole nitrogens is 1. The number of nitrogens with zero attached hydrogens (tertiary/aromatic N) is 4. The van der Waals surface area contributed by atoms with E-state index in [4.69, 9.17) is 11.6 Å². The molecule has 8 heteroatoms. The van der Waals surface area contributed by atoms with Crippen molar-refractivity contribution in [2.45, 2.75) is 18.9 Å². The summed E-state index contributed by atoms with van der Waals surface area (Å²) in [6.07, 6.45) is 7.52. The van der Waals surface area contributed by atoms with E-state index in [9.17, 15) is 4.79 Å². The van der Waals surface area contributed by atoms with Gasteiger partial charge in [-0.05, 0) is 12.8 Å². The predicted octanol–water partition coefficient (Wildman–Crippen LogP) is 1.24. The van der Waals surface area contributed by atoms with E-state index < -0.39 is 0 Å². The first-order chi connectivity index (χ1) is 10.1. The summed E-state index contributed by atoms with van der Waals surface area (Å²) in [5, 5.41) is 13.8. The van der Waals surface area contributed by atoms with Crippen LogP contribution in [0, 0.1) is 0 Å². The van der Waals surface area contributed by atoms with Crippen molar-refractivity contribution in [1.29, 1.82) is 0 Å². The minimum Gasteiger partial charge on any atom is -0.378 e. The van der Waals surface area contributed by atoms with Crippen molar-refractivity contribution in [1.82, 2.24) is 20.0 Å². The van der Waals surface area contributed by atoms with Gasteiger partial charge in [0, 0.05) is 32.4 Å². The van der Waals surface area contributed by atoms with E-state index in [1.54, 1.807) is 10.9 Å². The summed E-state index contributed by atoms with van der Waals surface area (Å²) in [5.41, 5.74) is 1.32. The third kappa shape index (κ3) is 3.02. The van der Waals surface area contributed by atoms with Crippen LogP contribution in [0.3, 0.4) is 0 Å². The Bertz CT molecular complexity index is 681. The summed E-state index contributed by atoms with van der Waals surface area (Å²) in [4.78, 5) is 13.7. The number of piperidine rings is 1. The second-order valence-corrected chi connectivity index (χ2v) is 5.61. The molecule has 0 bridgehead atoms. The van der Waals surface area contributed by atoms with E-state index in [0.717, 1.165) is 31.6 Å². The molecule has 1 saturated heterocycles. The number of aromatic amines is 1. The lowest BCUT2D eigenvalue weighted by Gasteiger charge is -2.34. The number of hydrogen-bond donors (Lipinski definition) is 2. The fourth-order valence-corrected chi connectivity index (χ4v) is 2.75. The van der Waals surface area contributed by atoms with Crippen LogP contribution in [0.1, 0.15) is 12.8 Å². The van der Waals surface area contributed by atoms with Crippen LogP contribution in [-0.4, -0.2) is 39.1 Å². The molecule has 2 aromatic heterocycles. The summed E-state index contributed by atoms with van der Waals surface area (Å²) < 4.78 is 1.80. The van der Waals surface area contributed by atoms with E-state index >= 15 is 0 Å². The number of hydrogen-bond acceptors (Lipinski definition) is 5. The molecule has 21 heavy (non-hydrogen) atoms. The number of nitrogens with one attached hydrogen (secondary N) is 2. The van der Waals surface area contributed by atoms with Crippen molar-refractivity contribution in [2.75, 3.05) is 23.3 Å². The molecule has 2 aromatic rings. The quantitative estimate of drug-likeness (QED) is 0.892. The normalized spacial score (nSPS) is 18.8. The Labute approximate surface area is 126 Å². The molecule has 112 valence electrons. The molecule has 1 fully saturated rings. The van der Waals surface area contributed by atoms with Crippen LogP contribution in [0.2, 0.25) is 5.02 Å². The maximum absolute atomic E-state index is 11.5. The van der Waals surface area contributed by atoms with Crippen molar-refractivity contribution in [2.24, 2.45) is 7.05 Å². The van der Waals surface area contributed by atoms with Gasteiger partial charge in [0.05, 0.1) is 23.8 Å². The fourth-order valence-electron chi connectivity index (χ4n) is 2.61. The Morgan fingerprint density at radius 2 is 2.33 bits per heavy atom. The maximum atomic E-state index is 11.5. The monoisotopic (exact) mass is 308 g/mol. The third-order valence-corrected chi connectivity index (χ3v) is 4.01. The Hall–Kier alpha value is -2.02. The first-order valence-corrected chi connectivity index (χ1v) is 7.24. The highest BCUT2D eigenvalue weighted by atomic mass is 35.5. The number of aryl methyl sites for hydroxylation is 1. The lowest BCUT2D eigenvalue weighted by atomic mass is 10.1. The molecular weight excluding hydrogens is 292 g/mol. The lowest BCUT2D eigenvalue weighted by molar-refractivity contribution is 0.530. The summed E-state index contributed by atoms with van der Waals surface area (Å²) in [7, 11) is 1.91. The van der Waals surface area contributed by atoms with Crippen molar-refractivity contribution < 1.29 is 0 Å². The molecule has 2 N–H and O–H groups in total. The van der Waals surface area contributed by atoms with Gasteiger partial charge in [-0.3, -0.25) is 9.48 Å². The standard InChI is InChI=1S/C13H17ClN6O/c1-19-8-10(5-16-19)20-4-2-3-9(7-20)17-11-6-15-18-13(21)12(11)14/h5-6,8-9H,2-4,7H2,1H3,(H2,17,18,21)/t9-/m0/s1. The number of halogens is 1. The summed E-state index contributed by atoms with van der Waals surface area (Å²) in [6.45, 7) is 1.85. The molecular formula is C13H17ClN6O. The average molecular weight is 309 g/mol. The third-order valence-electron chi connectivity index (χ3n) is 3.63. The molecule has 3 rings (SSSR count). The summed E-state index contributed by atoms with van der Waals surface area (Å²) >= 11 is 6.00. The van der Waals surface area contributed by atoms with Crippen LogP contribution in [0.15, 0.2) is 23.4 Å². The van der Waals surface area contributed by atoms with Crippen molar-refractivity contribution >= 4 is 23.0 Å². The number of anilines is 2. The Balaban J connectivity index is 1.71. The number of aromatic nitrogens is 4. The zero-order valence-corrected chi connectivity index (χ0v) is 12.5. The van der Waals surface area contributed by atoms with Crippen LogP contribution in [-0.2, 0) is 7.05 Å². The minimum absolute atomic E-state index is 0.156. The highest BCUT2D eigenvalue weighted by Crippen LogP contribution is 2.23. The SMILES string of the molecule is Cn1cc(N2CCC[C@H](Nc3cn[nH]c(=O)c3Cl)C2)cn1. The van der Waals surface area contributed by atoms with Gasteiger partial charge in [-0.25, -0.2) is 5.10 Å². The predicted molar refractivity (Wildman–Crippen MR) is 81.9 cm³/mol. The Morgan fingerprint density at radius 1 is 1.48 bits per heavy atom. The first-order valence-electron chi connectivity index (χ1n) is 6.87. The Kier molecular flexibility index (Phi) is 3.83. The molecule has 0 amide bonds. The topological polar surface area (TPSA) is 78.8 Å². The summed E-state index contributed by atoms with van der Waals surface area (Å²) in [5.74, 6) is 0. The second-order valence-electron chi connectivity index (χ2n) is 5.23. The van der Waals surface area contributed by atoms with Gasteiger partial charge in [-0.15, -0.1) is 0 Å². The molecule has 7 nitrogen and oxygen atoms in total. The lowest BCUT2D eigenvalue weighted by Crippen LogP contribution is -2.42. The van der Waals surface area contributed by atoms with Crippen LogP contribution < -0.4 is 15.8 Å². The van der Waals surface area contributed by atoms with Gasteiger partial charge in [0.2, 0.25) is 0 Å². The molecule has 0 aliphatic carbocycles. The van der Waals surface area contributed by atoms with Gasteiger partial charge in [0.15, 0.2) is 0 Å². The highest BCUT2D eigenvalue weighted by molar-refractivity contribution is 6.32. The van der Waals surface area contributed by atoms with E-state index in [2.05, 4.69) is 25.5 Å². The molecule has 0 saturated carbocycles. The molecule has 0 radical (unpaired) electrons. The average Bonchev–Trinajstić information content (AvgIpc) is 2.91. The van der Waals surface area contributed by atoms with Crippen molar-refractivity contribution in [3.63, 3.8) is 0 Å². The van der Waals surface area contributed by atoms with Crippen molar-refractivity contribution in [3.05, 3.63) is 34.0 Å². The highest BCUT2D eigenvalue weighted by Gasteiger charge is 2.22. The zero-order chi connectivity index (χ0) is 14.8. The van der Waals surface area contributed by atoms with Gasteiger partial charge in [0.25, 0.3) is 5.56 Å². The zero-order valence-electron chi connectivity index (χ0n) is 11.7. The van der Waals surface area contributed by atoms with Crippen LogP contribution in [0.5, 0.6) is 0 Å². The summed E-state index contributed by atoms with van der Waals surface area (Å²) in [6, 6.07) is 0.222. The van der Waals surface area contributed by atoms with Gasteiger partial charge in [0.1, 0.15) is 5.02 Å². The molecule has 0 spiro atoms. The van der Waals surface area contributed by atoms with E-state index in [0.29, 0.717) is 5.69 Å². The van der Waals surface area contributed by atoms with Crippen LogP contribution >= 0.6 is 11.6 Å². The molecule has 0 unspecified atom stereocenters. The fraction of sp³-hybridized carbons (Fsp3) is 0.462. The first kappa shape index (κ1) is 13.9. The van der Waals surface area contributed by atoms with Gasteiger partial charge in [-0.1, -0.05) is 11.6 Å². The second kappa shape index (κ2) is 5.77. The van der Waals surface area contributed by atoms with E-state index in [1.807, 2.05) is 19.4 Å². The van der Waals surface area contributed by atoms with Crippen LogP contribution in [0.4, 0.5) is 11.4 Å². The molecule has 1 aliphatic heterocycles. The molecule has 0 aromatic carbocycles. The Morgan fingerprint density at radius 3 is 3.10 bits per heavy atom. The van der Waals surface area contributed by atoms with Crippen LogP contribution in [0.25, 0.3) is 0 Å². The molecule has 3 heterocycles. The van der Waals surface area contributed by atoms with Gasteiger partial charge >= 0.3 is 0 Å². The van der Waals surface area contributed by atoms with Crippen molar-refractivity contribution in [3.8, 4) is 0 Å².